The number of piperazine rings is 1. The van der Waals surface area contributed by atoms with Crippen LogP contribution in [0.2, 0.25) is 0 Å². The molecule has 29 heavy (non-hydrogen) atoms. The molecule has 156 valence electrons. The van der Waals surface area contributed by atoms with Crippen LogP contribution in [0.5, 0.6) is 0 Å². The molecule has 11 heteroatoms. The normalized spacial score (nSPS) is 21.4. The topological polar surface area (TPSA) is 110 Å². The maximum absolute atomic E-state index is 12.5. The van der Waals surface area contributed by atoms with Gasteiger partial charge in [0.25, 0.3) is 5.22 Å². The van der Waals surface area contributed by atoms with Gasteiger partial charge in [0.05, 0.1) is 17.3 Å². The fourth-order valence-electron chi connectivity index (χ4n) is 3.60. The van der Waals surface area contributed by atoms with Gasteiger partial charge in [-0.15, -0.1) is 10.2 Å². The molecule has 2 aliphatic rings. The monoisotopic (exact) mass is 437 g/mol. The van der Waals surface area contributed by atoms with E-state index in [1.165, 1.54) is 11.8 Å². The Morgan fingerprint density at radius 2 is 2.03 bits per heavy atom. The van der Waals surface area contributed by atoms with Gasteiger partial charge >= 0.3 is 0 Å². The lowest BCUT2D eigenvalue weighted by Crippen LogP contribution is -2.49. The number of pyridine rings is 1. The average molecular weight is 438 g/mol. The molecule has 0 aromatic carbocycles. The maximum Gasteiger partial charge on any atom is 0.277 e. The van der Waals surface area contributed by atoms with Crippen LogP contribution in [0.1, 0.15) is 12.3 Å². The lowest BCUT2D eigenvalue weighted by Gasteiger charge is -2.35. The van der Waals surface area contributed by atoms with Crippen molar-refractivity contribution in [3.05, 3.63) is 30.3 Å². The minimum atomic E-state index is -2.92. The minimum Gasteiger partial charge on any atom is -0.416 e. The van der Waals surface area contributed by atoms with Gasteiger partial charge in [-0.05, 0) is 24.5 Å². The molecule has 2 saturated heterocycles. The number of amides is 1. The van der Waals surface area contributed by atoms with Gasteiger partial charge in [-0.2, -0.15) is 0 Å². The molecule has 2 aliphatic heterocycles. The van der Waals surface area contributed by atoms with E-state index in [-0.39, 0.29) is 29.1 Å². The van der Waals surface area contributed by atoms with Crippen molar-refractivity contribution in [1.82, 2.24) is 20.1 Å². The molecule has 2 aromatic rings. The highest BCUT2D eigenvalue weighted by Gasteiger charge is 2.29. The Morgan fingerprint density at radius 3 is 2.72 bits per heavy atom. The van der Waals surface area contributed by atoms with Crippen molar-refractivity contribution in [3.8, 4) is 0 Å². The summed E-state index contributed by atoms with van der Waals surface area (Å²) in [6.45, 7) is 2.81. The number of hydrogen-bond donors (Lipinski definition) is 0. The number of thioether (sulfide) groups is 1. The summed E-state index contributed by atoms with van der Waals surface area (Å²) in [4.78, 5) is 20.8. The van der Waals surface area contributed by atoms with Crippen molar-refractivity contribution in [2.75, 3.05) is 48.3 Å². The van der Waals surface area contributed by atoms with Crippen molar-refractivity contribution in [1.29, 1.82) is 0 Å². The first kappa shape index (κ1) is 20.1. The van der Waals surface area contributed by atoms with E-state index in [4.69, 9.17) is 4.42 Å². The summed E-state index contributed by atoms with van der Waals surface area (Å²) in [6, 6.07) is 5.82. The predicted octanol–water partition coefficient (Wildman–Crippen LogP) is 0.883. The Hall–Kier alpha value is -2.14. The second kappa shape index (κ2) is 8.70. The molecule has 0 bridgehead atoms. The number of carbonyl (C=O) groups is 1. The van der Waals surface area contributed by atoms with E-state index in [9.17, 15) is 13.2 Å². The third-order valence-corrected chi connectivity index (χ3v) is 7.80. The Morgan fingerprint density at radius 1 is 1.21 bits per heavy atom. The molecule has 1 atom stereocenters. The summed E-state index contributed by atoms with van der Waals surface area (Å²) in [5.41, 5.74) is 0. The highest BCUT2D eigenvalue weighted by atomic mass is 32.2. The van der Waals surface area contributed by atoms with E-state index in [0.29, 0.717) is 37.0 Å². The molecule has 2 fully saturated rings. The highest BCUT2D eigenvalue weighted by Crippen LogP contribution is 2.24. The first-order valence-corrected chi connectivity index (χ1v) is 12.4. The summed E-state index contributed by atoms with van der Waals surface area (Å²) in [5.74, 6) is 2.10. The Kier molecular flexibility index (Phi) is 6.04. The van der Waals surface area contributed by atoms with Crippen molar-refractivity contribution in [2.24, 2.45) is 5.92 Å². The van der Waals surface area contributed by atoms with Gasteiger partial charge in [0.2, 0.25) is 11.8 Å². The van der Waals surface area contributed by atoms with E-state index in [1.807, 2.05) is 23.1 Å². The number of aromatic nitrogens is 3. The summed E-state index contributed by atoms with van der Waals surface area (Å²) >= 11 is 1.22. The quantitative estimate of drug-likeness (QED) is 0.608. The van der Waals surface area contributed by atoms with Crippen molar-refractivity contribution in [2.45, 2.75) is 18.1 Å². The van der Waals surface area contributed by atoms with Gasteiger partial charge in [-0.3, -0.25) is 4.79 Å². The third-order valence-electron chi connectivity index (χ3n) is 5.16. The van der Waals surface area contributed by atoms with Gasteiger partial charge in [0.1, 0.15) is 5.82 Å². The summed E-state index contributed by atoms with van der Waals surface area (Å²) in [5, 5.41) is 8.31. The molecule has 9 nitrogen and oxygen atoms in total. The molecule has 4 rings (SSSR count). The Labute approximate surface area is 173 Å². The standard InChI is InChI=1S/C18H23N5O4S2/c24-17(23-8-6-22(7-9-23)15-3-1-2-5-19-15)12-28-18-21-20-16(27-18)11-14-4-10-29(25,26)13-14/h1-3,5,14H,4,6-13H2/t14-/m1/s1. The van der Waals surface area contributed by atoms with Crippen LogP contribution in [0.25, 0.3) is 0 Å². The lowest BCUT2D eigenvalue weighted by atomic mass is 10.1. The van der Waals surface area contributed by atoms with Crippen LogP contribution in [0.4, 0.5) is 5.82 Å². The molecular weight excluding hydrogens is 414 g/mol. The number of rotatable bonds is 6. The summed E-state index contributed by atoms with van der Waals surface area (Å²) < 4.78 is 28.7. The van der Waals surface area contributed by atoms with Crippen LogP contribution in [0.15, 0.2) is 34.0 Å². The first-order chi connectivity index (χ1) is 14.0. The van der Waals surface area contributed by atoms with Crippen LogP contribution in [-0.2, 0) is 21.1 Å². The van der Waals surface area contributed by atoms with E-state index >= 15 is 0 Å². The summed E-state index contributed by atoms with van der Waals surface area (Å²) in [7, 11) is -2.92. The molecule has 0 radical (unpaired) electrons. The number of carbonyl (C=O) groups excluding carboxylic acids is 1. The number of anilines is 1. The smallest absolute Gasteiger partial charge is 0.277 e. The molecule has 0 saturated carbocycles. The molecule has 0 spiro atoms. The SMILES string of the molecule is O=C(CSc1nnc(C[C@H]2CCS(=O)(=O)C2)o1)N1CCN(c2ccccn2)CC1. The molecule has 1 amide bonds. The van der Waals surface area contributed by atoms with E-state index in [2.05, 4.69) is 20.1 Å². The van der Waals surface area contributed by atoms with Crippen LogP contribution < -0.4 is 4.90 Å². The van der Waals surface area contributed by atoms with Crippen molar-refractivity contribution >= 4 is 33.3 Å². The van der Waals surface area contributed by atoms with Crippen LogP contribution in [-0.4, -0.2) is 77.8 Å². The fourth-order valence-corrected chi connectivity index (χ4v) is 6.14. The van der Waals surface area contributed by atoms with Gasteiger partial charge in [0, 0.05) is 38.8 Å². The number of nitrogens with zero attached hydrogens (tertiary/aromatic N) is 5. The zero-order chi connectivity index (χ0) is 20.3. The van der Waals surface area contributed by atoms with Gasteiger partial charge in [-0.1, -0.05) is 17.8 Å². The molecule has 0 aliphatic carbocycles. The average Bonchev–Trinajstić information content (AvgIpc) is 3.32. The maximum atomic E-state index is 12.5. The second-order valence-corrected chi connectivity index (χ2v) is 10.4. The van der Waals surface area contributed by atoms with E-state index in [0.717, 1.165) is 18.9 Å². The number of hydrogen-bond acceptors (Lipinski definition) is 9. The van der Waals surface area contributed by atoms with Gasteiger partial charge < -0.3 is 14.2 Å². The summed E-state index contributed by atoms with van der Waals surface area (Å²) in [6.07, 6.45) is 2.88. The largest absolute Gasteiger partial charge is 0.416 e. The Bertz CT molecular complexity index is 942. The molecule has 0 N–H and O–H groups in total. The fraction of sp³-hybridized carbons (Fsp3) is 0.556. The minimum absolute atomic E-state index is 0.0373. The van der Waals surface area contributed by atoms with Crippen LogP contribution in [0.3, 0.4) is 0 Å². The van der Waals surface area contributed by atoms with Crippen molar-refractivity contribution in [3.63, 3.8) is 0 Å². The van der Waals surface area contributed by atoms with Crippen LogP contribution >= 0.6 is 11.8 Å². The first-order valence-electron chi connectivity index (χ1n) is 9.58. The van der Waals surface area contributed by atoms with Gasteiger partial charge in [0.15, 0.2) is 9.84 Å². The van der Waals surface area contributed by atoms with E-state index < -0.39 is 9.84 Å². The number of sulfone groups is 1. The third kappa shape index (κ3) is 5.27. The zero-order valence-corrected chi connectivity index (χ0v) is 17.6. The molecule has 2 aromatic heterocycles. The molecular formula is C18H23N5O4S2. The second-order valence-electron chi connectivity index (χ2n) is 7.28. The zero-order valence-electron chi connectivity index (χ0n) is 15.9. The van der Waals surface area contributed by atoms with Crippen LogP contribution in [0, 0.1) is 5.92 Å². The Balaban J connectivity index is 1.22. The lowest BCUT2D eigenvalue weighted by molar-refractivity contribution is -0.128. The molecule has 0 unspecified atom stereocenters. The van der Waals surface area contributed by atoms with Gasteiger partial charge in [-0.25, -0.2) is 13.4 Å². The van der Waals surface area contributed by atoms with Crippen molar-refractivity contribution < 1.29 is 17.6 Å². The molecule has 4 heterocycles. The predicted molar refractivity (Wildman–Crippen MR) is 109 cm³/mol. The van der Waals surface area contributed by atoms with E-state index in [1.54, 1.807) is 6.20 Å². The highest BCUT2D eigenvalue weighted by molar-refractivity contribution is 7.99.